The van der Waals surface area contributed by atoms with E-state index in [4.69, 9.17) is 4.74 Å². The van der Waals surface area contributed by atoms with Crippen molar-refractivity contribution >= 4 is 29.4 Å². The molecule has 0 saturated heterocycles. The van der Waals surface area contributed by atoms with Crippen molar-refractivity contribution in [1.29, 1.82) is 0 Å². The van der Waals surface area contributed by atoms with Crippen molar-refractivity contribution in [3.8, 4) is 0 Å². The van der Waals surface area contributed by atoms with Crippen LogP contribution < -0.4 is 10.6 Å². The Kier molecular flexibility index (Phi) is 5.50. The standard InChI is InChI=1S/C23H22N4O5/c1-23(2)17-10-14(8-9-15(17)21(31)32-23)25-22-24-11-16(20(29)30)19(27-22)26-18(12-28)13-6-4-3-5-7-13/h3-11,18,28H,12H2,1-2H3,(H,29,30)(H2,24,25,26,27). The van der Waals surface area contributed by atoms with Gasteiger partial charge in [0.2, 0.25) is 5.95 Å². The number of rotatable bonds is 7. The van der Waals surface area contributed by atoms with Crippen LogP contribution in [0.3, 0.4) is 0 Å². The number of aromatic carboxylic acids is 1. The highest BCUT2D eigenvalue weighted by Crippen LogP contribution is 2.37. The Bertz CT molecular complexity index is 1180. The highest BCUT2D eigenvalue weighted by atomic mass is 16.6. The fourth-order valence-corrected chi connectivity index (χ4v) is 3.56. The lowest BCUT2D eigenvalue weighted by Crippen LogP contribution is -2.19. The maximum absolute atomic E-state index is 12.0. The van der Waals surface area contributed by atoms with Crippen molar-refractivity contribution in [2.75, 3.05) is 17.2 Å². The normalized spacial score (nSPS) is 14.9. The number of ether oxygens (including phenoxy) is 1. The van der Waals surface area contributed by atoms with Gasteiger partial charge in [-0.1, -0.05) is 30.3 Å². The van der Waals surface area contributed by atoms with Gasteiger partial charge < -0.3 is 25.6 Å². The number of nitrogens with one attached hydrogen (secondary N) is 2. The van der Waals surface area contributed by atoms with E-state index < -0.39 is 17.6 Å². The zero-order chi connectivity index (χ0) is 22.9. The predicted molar refractivity (Wildman–Crippen MR) is 117 cm³/mol. The average molecular weight is 434 g/mol. The highest BCUT2D eigenvalue weighted by molar-refractivity contribution is 5.95. The molecule has 4 rings (SSSR count). The molecule has 9 nitrogen and oxygen atoms in total. The molecule has 1 aromatic heterocycles. The Balaban J connectivity index is 1.64. The number of aromatic nitrogens is 2. The Morgan fingerprint density at radius 1 is 1.19 bits per heavy atom. The molecule has 0 bridgehead atoms. The zero-order valence-corrected chi connectivity index (χ0v) is 17.5. The van der Waals surface area contributed by atoms with Crippen molar-refractivity contribution in [3.63, 3.8) is 0 Å². The Labute approximate surface area is 184 Å². The minimum Gasteiger partial charge on any atom is -0.477 e. The van der Waals surface area contributed by atoms with E-state index in [0.717, 1.165) is 11.1 Å². The molecule has 32 heavy (non-hydrogen) atoms. The van der Waals surface area contributed by atoms with Crippen LogP contribution in [0.4, 0.5) is 17.5 Å². The summed E-state index contributed by atoms with van der Waals surface area (Å²) in [5.41, 5.74) is 1.75. The molecular weight excluding hydrogens is 412 g/mol. The summed E-state index contributed by atoms with van der Waals surface area (Å²) in [6.07, 6.45) is 1.20. The van der Waals surface area contributed by atoms with Crippen LogP contribution in [0.25, 0.3) is 0 Å². The van der Waals surface area contributed by atoms with Crippen LogP contribution in [0, 0.1) is 0 Å². The van der Waals surface area contributed by atoms with E-state index in [9.17, 15) is 19.8 Å². The lowest BCUT2D eigenvalue weighted by atomic mass is 9.95. The third-order valence-electron chi connectivity index (χ3n) is 5.21. The first-order chi connectivity index (χ1) is 15.3. The number of aliphatic hydroxyl groups is 1. The third kappa shape index (κ3) is 4.10. The molecule has 1 atom stereocenters. The van der Waals surface area contributed by atoms with Gasteiger partial charge in [-0.05, 0) is 37.6 Å². The van der Waals surface area contributed by atoms with E-state index in [-0.39, 0.29) is 29.9 Å². The number of hydrogen-bond acceptors (Lipinski definition) is 8. The lowest BCUT2D eigenvalue weighted by molar-refractivity contribution is 0.00952. The molecule has 2 aromatic carbocycles. The van der Waals surface area contributed by atoms with Crippen LogP contribution >= 0.6 is 0 Å². The molecule has 164 valence electrons. The number of benzene rings is 2. The summed E-state index contributed by atoms with van der Waals surface area (Å²) in [5.74, 6) is -1.34. The molecule has 0 radical (unpaired) electrons. The van der Waals surface area contributed by atoms with E-state index in [2.05, 4.69) is 20.6 Å². The first-order valence-corrected chi connectivity index (χ1v) is 9.96. The number of carbonyl (C=O) groups is 2. The van der Waals surface area contributed by atoms with E-state index >= 15 is 0 Å². The van der Waals surface area contributed by atoms with Crippen molar-refractivity contribution in [2.45, 2.75) is 25.5 Å². The van der Waals surface area contributed by atoms with Crippen LogP contribution in [0.15, 0.2) is 54.7 Å². The molecule has 0 fully saturated rings. The number of anilines is 3. The van der Waals surface area contributed by atoms with E-state index in [1.54, 1.807) is 32.0 Å². The molecule has 1 aliphatic rings. The van der Waals surface area contributed by atoms with Crippen LogP contribution in [0.5, 0.6) is 0 Å². The average Bonchev–Trinajstić information content (AvgIpc) is 3.00. The second-order valence-electron chi connectivity index (χ2n) is 7.84. The number of carbonyl (C=O) groups excluding carboxylic acids is 1. The molecule has 2 heterocycles. The van der Waals surface area contributed by atoms with Gasteiger partial charge in [-0.2, -0.15) is 4.98 Å². The molecule has 0 spiro atoms. The van der Waals surface area contributed by atoms with Crippen molar-refractivity contribution in [3.05, 3.63) is 77.0 Å². The fraction of sp³-hybridized carbons (Fsp3) is 0.217. The molecule has 0 saturated carbocycles. The predicted octanol–water partition coefficient (Wildman–Crippen LogP) is 3.47. The maximum Gasteiger partial charge on any atom is 0.341 e. The van der Waals surface area contributed by atoms with Gasteiger partial charge >= 0.3 is 11.9 Å². The van der Waals surface area contributed by atoms with Gasteiger partial charge in [0, 0.05) is 17.4 Å². The molecule has 3 aromatic rings. The number of esters is 1. The summed E-state index contributed by atoms with van der Waals surface area (Å²) in [6, 6.07) is 13.7. The number of aliphatic hydroxyl groups excluding tert-OH is 1. The molecule has 1 aliphatic heterocycles. The summed E-state index contributed by atoms with van der Waals surface area (Å²) in [7, 11) is 0. The summed E-state index contributed by atoms with van der Waals surface area (Å²) in [6.45, 7) is 3.35. The second kappa shape index (κ2) is 8.27. The Hall–Kier alpha value is -3.98. The Morgan fingerprint density at radius 3 is 2.62 bits per heavy atom. The summed E-state index contributed by atoms with van der Waals surface area (Å²) in [5, 5.41) is 25.4. The van der Waals surface area contributed by atoms with Crippen molar-refractivity contribution < 1.29 is 24.5 Å². The van der Waals surface area contributed by atoms with Gasteiger partial charge in [-0.15, -0.1) is 0 Å². The van der Waals surface area contributed by atoms with Gasteiger partial charge in [0.1, 0.15) is 17.0 Å². The lowest BCUT2D eigenvalue weighted by Gasteiger charge is -2.19. The van der Waals surface area contributed by atoms with Crippen molar-refractivity contribution in [2.24, 2.45) is 0 Å². The van der Waals surface area contributed by atoms with E-state index in [1.165, 1.54) is 6.20 Å². The quantitative estimate of drug-likeness (QED) is 0.412. The fourth-order valence-electron chi connectivity index (χ4n) is 3.56. The second-order valence-corrected chi connectivity index (χ2v) is 7.84. The first-order valence-electron chi connectivity index (χ1n) is 9.96. The van der Waals surface area contributed by atoms with Crippen molar-refractivity contribution in [1.82, 2.24) is 9.97 Å². The molecule has 9 heteroatoms. The molecule has 4 N–H and O–H groups in total. The summed E-state index contributed by atoms with van der Waals surface area (Å²) in [4.78, 5) is 32.1. The Morgan fingerprint density at radius 2 is 1.94 bits per heavy atom. The number of fused-ring (bicyclic) bond motifs is 1. The minimum atomic E-state index is -1.20. The zero-order valence-electron chi connectivity index (χ0n) is 17.5. The first kappa shape index (κ1) is 21.3. The third-order valence-corrected chi connectivity index (χ3v) is 5.21. The molecule has 0 amide bonds. The van der Waals surface area contributed by atoms with Crippen LogP contribution in [0.2, 0.25) is 0 Å². The topological polar surface area (TPSA) is 134 Å². The summed E-state index contributed by atoms with van der Waals surface area (Å²) >= 11 is 0. The number of hydrogen-bond donors (Lipinski definition) is 4. The monoisotopic (exact) mass is 434 g/mol. The largest absolute Gasteiger partial charge is 0.477 e. The van der Waals surface area contributed by atoms with Crippen LogP contribution in [0.1, 0.15) is 51.7 Å². The van der Waals surface area contributed by atoms with Gasteiger partial charge in [0.25, 0.3) is 0 Å². The van der Waals surface area contributed by atoms with E-state index in [0.29, 0.717) is 11.3 Å². The van der Waals surface area contributed by atoms with Crippen LogP contribution in [-0.4, -0.2) is 38.7 Å². The van der Waals surface area contributed by atoms with E-state index in [1.807, 2.05) is 30.3 Å². The van der Waals surface area contributed by atoms with Crippen LogP contribution in [-0.2, 0) is 10.3 Å². The molecule has 0 aliphatic carbocycles. The SMILES string of the molecule is CC1(C)OC(=O)c2ccc(Nc3ncc(C(=O)O)c(NC(CO)c4ccccc4)n3)cc21. The molecule has 1 unspecified atom stereocenters. The minimum absolute atomic E-state index is 0.0675. The van der Waals surface area contributed by atoms with Gasteiger partial charge in [0.15, 0.2) is 0 Å². The van der Waals surface area contributed by atoms with Gasteiger partial charge in [0.05, 0.1) is 18.2 Å². The smallest absolute Gasteiger partial charge is 0.341 e. The number of cyclic esters (lactones) is 1. The number of nitrogens with zero attached hydrogens (tertiary/aromatic N) is 2. The van der Waals surface area contributed by atoms with Gasteiger partial charge in [-0.3, -0.25) is 0 Å². The maximum atomic E-state index is 12.0. The number of carboxylic acid groups (broad SMARTS) is 1. The number of carboxylic acids is 1. The molecular formula is C23H22N4O5. The van der Waals surface area contributed by atoms with Gasteiger partial charge in [-0.25, -0.2) is 14.6 Å². The summed E-state index contributed by atoms with van der Waals surface area (Å²) < 4.78 is 5.39. The highest BCUT2D eigenvalue weighted by Gasteiger charge is 2.37.